The van der Waals surface area contributed by atoms with Gasteiger partial charge in [0, 0.05) is 10.9 Å². The first kappa shape index (κ1) is 25.7. The summed E-state index contributed by atoms with van der Waals surface area (Å²) in [6.07, 6.45) is -0.530. The molecule has 0 aliphatic heterocycles. The molecule has 0 radical (unpaired) electrons. The lowest BCUT2D eigenvalue weighted by molar-refractivity contribution is -0.153. The van der Waals surface area contributed by atoms with Crippen LogP contribution in [0.5, 0.6) is 5.75 Å². The van der Waals surface area contributed by atoms with Gasteiger partial charge in [-0.2, -0.15) is 13.2 Å². The standard InChI is InChI=1S/C30H27F5O/c1-2-3-4-21-8-15-26(28(31)17-21)23-12-16-27-24(18-23)11-10-22(29(27)32)9-5-20-6-13-25(14-7-20)36-19-30(33,34)35/h6-8,10-18H,2-5,9,19H2,1H3. The molecule has 0 aliphatic carbocycles. The Hall–Kier alpha value is -3.41. The fourth-order valence-electron chi connectivity index (χ4n) is 4.22. The van der Waals surface area contributed by atoms with Crippen molar-refractivity contribution in [3.05, 3.63) is 101 Å². The van der Waals surface area contributed by atoms with E-state index in [4.69, 9.17) is 4.74 Å². The molecule has 1 nitrogen and oxygen atoms in total. The summed E-state index contributed by atoms with van der Waals surface area (Å²) in [6.45, 7) is 0.760. The fraction of sp³-hybridized carbons (Fsp3) is 0.267. The van der Waals surface area contributed by atoms with Crippen LogP contribution in [0.15, 0.2) is 72.8 Å². The predicted octanol–water partition coefficient (Wildman–Crippen LogP) is 8.85. The Labute approximate surface area is 207 Å². The molecule has 0 saturated carbocycles. The Kier molecular flexibility index (Phi) is 7.92. The van der Waals surface area contributed by atoms with Gasteiger partial charge in [-0.25, -0.2) is 8.78 Å². The second-order valence-electron chi connectivity index (χ2n) is 8.94. The summed E-state index contributed by atoms with van der Waals surface area (Å²) in [7, 11) is 0. The van der Waals surface area contributed by atoms with Crippen LogP contribution in [0.25, 0.3) is 21.9 Å². The summed E-state index contributed by atoms with van der Waals surface area (Å²) in [6, 6.07) is 20.4. The van der Waals surface area contributed by atoms with Gasteiger partial charge in [0.15, 0.2) is 6.61 Å². The van der Waals surface area contributed by atoms with E-state index in [0.717, 1.165) is 30.4 Å². The SMILES string of the molecule is CCCCc1ccc(-c2ccc3c(F)c(CCc4ccc(OCC(F)(F)F)cc4)ccc3c2)c(F)c1. The normalized spacial score (nSPS) is 11.7. The quantitative estimate of drug-likeness (QED) is 0.210. The van der Waals surface area contributed by atoms with E-state index in [9.17, 15) is 17.6 Å². The second kappa shape index (κ2) is 11.1. The highest BCUT2D eigenvalue weighted by Crippen LogP contribution is 2.30. The number of alkyl halides is 3. The third-order valence-electron chi connectivity index (χ3n) is 6.21. The molecular formula is C30H27F5O. The van der Waals surface area contributed by atoms with Crippen LogP contribution in [0.2, 0.25) is 0 Å². The number of hydrogen-bond donors (Lipinski definition) is 0. The lowest BCUT2D eigenvalue weighted by Gasteiger charge is -2.11. The van der Waals surface area contributed by atoms with Crippen LogP contribution in [0.3, 0.4) is 0 Å². The molecule has 0 atom stereocenters. The lowest BCUT2D eigenvalue weighted by atomic mass is 9.96. The summed E-state index contributed by atoms with van der Waals surface area (Å²) in [4.78, 5) is 0. The van der Waals surface area contributed by atoms with Crippen molar-refractivity contribution in [2.75, 3.05) is 6.61 Å². The van der Waals surface area contributed by atoms with Crippen LogP contribution >= 0.6 is 0 Å². The third-order valence-corrected chi connectivity index (χ3v) is 6.21. The van der Waals surface area contributed by atoms with Gasteiger partial charge in [0.1, 0.15) is 17.4 Å². The lowest BCUT2D eigenvalue weighted by Crippen LogP contribution is -2.19. The van der Waals surface area contributed by atoms with Crippen molar-refractivity contribution in [3.8, 4) is 16.9 Å². The molecule has 0 unspecified atom stereocenters. The molecular weight excluding hydrogens is 471 g/mol. The van der Waals surface area contributed by atoms with Crippen molar-refractivity contribution in [2.45, 2.75) is 45.2 Å². The largest absolute Gasteiger partial charge is 0.484 e. The molecule has 188 valence electrons. The molecule has 4 aromatic carbocycles. The summed E-state index contributed by atoms with van der Waals surface area (Å²) < 4.78 is 71.5. The molecule has 0 saturated heterocycles. The summed E-state index contributed by atoms with van der Waals surface area (Å²) >= 11 is 0. The summed E-state index contributed by atoms with van der Waals surface area (Å²) in [5.41, 5.74) is 3.56. The zero-order chi connectivity index (χ0) is 25.7. The van der Waals surface area contributed by atoms with E-state index in [1.807, 2.05) is 12.1 Å². The number of fused-ring (bicyclic) bond motifs is 1. The van der Waals surface area contributed by atoms with E-state index in [1.165, 1.54) is 12.1 Å². The minimum atomic E-state index is -4.39. The minimum Gasteiger partial charge on any atom is -0.484 e. The first-order valence-corrected chi connectivity index (χ1v) is 12.0. The molecule has 6 heteroatoms. The zero-order valence-corrected chi connectivity index (χ0v) is 20.0. The van der Waals surface area contributed by atoms with Crippen LogP contribution in [0, 0.1) is 11.6 Å². The van der Waals surface area contributed by atoms with Gasteiger partial charge in [0.2, 0.25) is 0 Å². The molecule has 0 amide bonds. The van der Waals surface area contributed by atoms with E-state index >= 15 is 4.39 Å². The number of rotatable bonds is 9. The van der Waals surface area contributed by atoms with E-state index in [2.05, 4.69) is 6.92 Å². The highest BCUT2D eigenvalue weighted by atomic mass is 19.4. The molecule has 0 fully saturated rings. The molecule has 0 aromatic heterocycles. The van der Waals surface area contributed by atoms with Gasteiger partial charge in [0.25, 0.3) is 0 Å². The van der Waals surface area contributed by atoms with Crippen LogP contribution < -0.4 is 4.74 Å². The number of benzene rings is 4. The number of unbranched alkanes of at least 4 members (excludes halogenated alkanes) is 1. The average Bonchev–Trinajstić information content (AvgIpc) is 2.86. The van der Waals surface area contributed by atoms with Gasteiger partial charge in [-0.1, -0.05) is 61.9 Å². The van der Waals surface area contributed by atoms with Crippen molar-refractivity contribution < 1.29 is 26.7 Å². The monoisotopic (exact) mass is 498 g/mol. The van der Waals surface area contributed by atoms with Gasteiger partial charge in [-0.05, 0) is 77.6 Å². The molecule has 4 aromatic rings. The number of hydrogen-bond acceptors (Lipinski definition) is 1. The number of ether oxygens (including phenoxy) is 1. The molecule has 0 heterocycles. The zero-order valence-electron chi connectivity index (χ0n) is 20.0. The van der Waals surface area contributed by atoms with E-state index in [1.54, 1.807) is 48.5 Å². The molecule has 0 bridgehead atoms. The first-order valence-electron chi connectivity index (χ1n) is 12.0. The maximum Gasteiger partial charge on any atom is 0.422 e. The predicted molar refractivity (Wildman–Crippen MR) is 133 cm³/mol. The number of aryl methyl sites for hydroxylation is 3. The molecule has 0 spiro atoms. The second-order valence-corrected chi connectivity index (χ2v) is 8.94. The fourth-order valence-corrected chi connectivity index (χ4v) is 4.22. The van der Waals surface area contributed by atoms with Crippen molar-refractivity contribution in [1.82, 2.24) is 0 Å². The highest BCUT2D eigenvalue weighted by Gasteiger charge is 2.28. The molecule has 0 aliphatic rings. The summed E-state index contributed by atoms with van der Waals surface area (Å²) in [5.74, 6) is -0.467. The van der Waals surface area contributed by atoms with Crippen molar-refractivity contribution >= 4 is 10.8 Å². The highest BCUT2D eigenvalue weighted by molar-refractivity contribution is 5.88. The minimum absolute atomic E-state index is 0.135. The third kappa shape index (κ3) is 6.42. The van der Waals surface area contributed by atoms with Gasteiger partial charge >= 0.3 is 6.18 Å². The van der Waals surface area contributed by atoms with Gasteiger partial charge in [0.05, 0.1) is 0 Å². The van der Waals surface area contributed by atoms with Crippen molar-refractivity contribution in [2.24, 2.45) is 0 Å². The summed E-state index contributed by atoms with van der Waals surface area (Å²) in [5, 5.41) is 1.15. The average molecular weight is 499 g/mol. The van der Waals surface area contributed by atoms with E-state index in [0.29, 0.717) is 40.3 Å². The maximum absolute atomic E-state index is 15.2. The number of halogens is 5. The van der Waals surface area contributed by atoms with Crippen molar-refractivity contribution in [3.63, 3.8) is 0 Å². The topological polar surface area (TPSA) is 9.23 Å². The maximum atomic E-state index is 15.2. The van der Waals surface area contributed by atoms with Gasteiger partial charge < -0.3 is 4.74 Å². The van der Waals surface area contributed by atoms with Gasteiger partial charge in [-0.15, -0.1) is 0 Å². The van der Waals surface area contributed by atoms with Crippen LogP contribution in [-0.2, 0) is 19.3 Å². The Morgan fingerprint density at radius 2 is 1.50 bits per heavy atom. The van der Waals surface area contributed by atoms with Crippen LogP contribution in [0.4, 0.5) is 22.0 Å². The van der Waals surface area contributed by atoms with Gasteiger partial charge in [-0.3, -0.25) is 0 Å². The van der Waals surface area contributed by atoms with Crippen molar-refractivity contribution in [1.29, 1.82) is 0 Å². The molecule has 36 heavy (non-hydrogen) atoms. The first-order chi connectivity index (χ1) is 17.2. The Bertz CT molecular complexity index is 1330. The van der Waals surface area contributed by atoms with E-state index < -0.39 is 12.8 Å². The Morgan fingerprint density at radius 3 is 2.19 bits per heavy atom. The molecule has 0 N–H and O–H groups in total. The van der Waals surface area contributed by atoms with E-state index in [-0.39, 0.29) is 17.4 Å². The Balaban J connectivity index is 1.46. The van der Waals surface area contributed by atoms with Crippen LogP contribution in [-0.4, -0.2) is 12.8 Å². The van der Waals surface area contributed by atoms with Crippen LogP contribution in [0.1, 0.15) is 36.5 Å². The Morgan fingerprint density at radius 1 is 0.750 bits per heavy atom. The smallest absolute Gasteiger partial charge is 0.422 e. The molecule has 4 rings (SSSR count).